The summed E-state index contributed by atoms with van der Waals surface area (Å²) in [7, 11) is 0. The summed E-state index contributed by atoms with van der Waals surface area (Å²) >= 11 is 0. The molecular weight excluding hydrogens is 268 g/mol. The smallest absolute Gasteiger partial charge is 0.287 e. The lowest BCUT2D eigenvalue weighted by molar-refractivity contribution is 0.0753. The van der Waals surface area contributed by atoms with E-state index in [0.29, 0.717) is 23.6 Å². The number of nitrogen functional groups attached to an aromatic ring is 1. The number of amides is 1. The molecule has 21 heavy (non-hydrogen) atoms. The fraction of sp³-hybridized carbons (Fsp3) is 0.438. The number of benzene rings is 1. The molecule has 0 aliphatic carbocycles. The van der Waals surface area contributed by atoms with Gasteiger partial charge in [0.15, 0.2) is 5.76 Å². The molecule has 0 saturated heterocycles. The molecule has 0 fully saturated rings. The van der Waals surface area contributed by atoms with Gasteiger partial charge >= 0.3 is 0 Å². The van der Waals surface area contributed by atoms with Crippen molar-refractivity contribution in [3.63, 3.8) is 0 Å². The van der Waals surface area contributed by atoms with E-state index in [2.05, 4.69) is 5.32 Å². The molecule has 2 aromatic rings. The number of fused-ring (bicyclic) bond motifs is 1. The largest absolute Gasteiger partial charge is 0.451 e. The molecule has 5 heteroatoms. The highest BCUT2D eigenvalue weighted by Gasteiger charge is 2.11. The van der Waals surface area contributed by atoms with Crippen LogP contribution in [0.2, 0.25) is 0 Å². The van der Waals surface area contributed by atoms with Gasteiger partial charge in [-0.1, -0.05) is 0 Å². The van der Waals surface area contributed by atoms with Gasteiger partial charge in [0.2, 0.25) is 0 Å². The average Bonchev–Trinajstić information content (AvgIpc) is 2.85. The second kappa shape index (κ2) is 7.13. The molecule has 1 aromatic carbocycles. The van der Waals surface area contributed by atoms with Crippen molar-refractivity contribution in [1.82, 2.24) is 5.32 Å². The van der Waals surface area contributed by atoms with Crippen LogP contribution in [0.15, 0.2) is 28.7 Å². The first-order valence-corrected chi connectivity index (χ1v) is 7.25. The Morgan fingerprint density at radius 3 is 2.90 bits per heavy atom. The summed E-state index contributed by atoms with van der Waals surface area (Å²) in [4.78, 5) is 12.0. The molecule has 1 amide bonds. The van der Waals surface area contributed by atoms with E-state index >= 15 is 0 Å². The van der Waals surface area contributed by atoms with Gasteiger partial charge < -0.3 is 20.2 Å². The number of anilines is 1. The first-order valence-electron chi connectivity index (χ1n) is 7.25. The fourth-order valence-corrected chi connectivity index (χ4v) is 2.01. The normalized spacial score (nSPS) is 11.2. The molecule has 0 radical (unpaired) electrons. The quantitative estimate of drug-likeness (QED) is 0.607. The summed E-state index contributed by atoms with van der Waals surface area (Å²) < 4.78 is 10.9. The van der Waals surface area contributed by atoms with E-state index in [9.17, 15) is 4.79 Å². The number of nitrogens with two attached hydrogens (primary N) is 1. The lowest BCUT2D eigenvalue weighted by Gasteiger charge is -2.07. The third-order valence-electron chi connectivity index (χ3n) is 3.07. The van der Waals surface area contributed by atoms with Crippen LogP contribution in [-0.4, -0.2) is 25.2 Å². The fourth-order valence-electron chi connectivity index (χ4n) is 2.01. The Labute approximate surface area is 124 Å². The van der Waals surface area contributed by atoms with E-state index in [1.165, 1.54) is 0 Å². The number of unbranched alkanes of at least 4 members (excludes halogenated alkanes) is 1. The molecule has 1 heterocycles. The van der Waals surface area contributed by atoms with E-state index in [4.69, 9.17) is 14.9 Å². The van der Waals surface area contributed by atoms with Gasteiger partial charge in [0.05, 0.1) is 6.10 Å². The van der Waals surface area contributed by atoms with Gasteiger partial charge in [-0.2, -0.15) is 0 Å². The van der Waals surface area contributed by atoms with Crippen LogP contribution in [0.3, 0.4) is 0 Å². The molecule has 0 atom stereocenters. The van der Waals surface area contributed by atoms with Crippen molar-refractivity contribution in [3.05, 3.63) is 30.0 Å². The zero-order chi connectivity index (χ0) is 15.2. The van der Waals surface area contributed by atoms with Crippen LogP contribution >= 0.6 is 0 Å². The van der Waals surface area contributed by atoms with Gasteiger partial charge in [0.25, 0.3) is 5.91 Å². The monoisotopic (exact) mass is 290 g/mol. The molecule has 0 unspecified atom stereocenters. The Hall–Kier alpha value is -2.01. The predicted molar refractivity (Wildman–Crippen MR) is 83.3 cm³/mol. The summed E-state index contributed by atoms with van der Waals surface area (Å²) in [5.74, 6) is 0.114. The number of hydrogen-bond acceptors (Lipinski definition) is 4. The Balaban J connectivity index is 1.79. The minimum Gasteiger partial charge on any atom is -0.451 e. The van der Waals surface area contributed by atoms with Crippen molar-refractivity contribution >= 4 is 22.6 Å². The number of rotatable bonds is 7. The second-order valence-electron chi connectivity index (χ2n) is 5.29. The molecule has 0 aliphatic rings. The molecular formula is C16H22N2O3. The standard InChI is InChI=1S/C16H22N2O3/c1-11(2)20-8-4-3-7-18-16(19)15-10-12-9-13(17)5-6-14(12)21-15/h5-6,9-11H,3-4,7-8,17H2,1-2H3,(H,18,19). The van der Waals surface area contributed by atoms with Crippen molar-refractivity contribution in [2.45, 2.75) is 32.8 Å². The lowest BCUT2D eigenvalue weighted by Crippen LogP contribution is -2.24. The molecule has 1 aromatic heterocycles. The highest BCUT2D eigenvalue weighted by molar-refractivity contribution is 5.96. The first kappa shape index (κ1) is 15.4. The number of hydrogen-bond donors (Lipinski definition) is 2. The van der Waals surface area contributed by atoms with E-state index in [0.717, 1.165) is 24.8 Å². The topological polar surface area (TPSA) is 77.5 Å². The maximum atomic E-state index is 12.0. The maximum absolute atomic E-state index is 12.0. The summed E-state index contributed by atoms with van der Waals surface area (Å²) in [5.41, 5.74) is 7.02. The highest BCUT2D eigenvalue weighted by Crippen LogP contribution is 2.21. The Bertz CT molecular complexity index is 605. The highest BCUT2D eigenvalue weighted by atomic mass is 16.5. The number of furan rings is 1. The summed E-state index contributed by atoms with van der Waals surface area (Å²) in [6.45, 7) is 5.35. The van der Waals surface area contributed by atoms with Gasteiger partial charge in [-0.15, -0.1) is 0 Å². The molecule has 0 bridgehead atoms. The summed E-state index contributed by atoms with van der Waals surface area (Å²) in [6, 6.07) is 7.02. The van der Waals surface area contributed by atoms with Crippen LogP contribution in [0.4, 0.5) is 5.69 Å². The SMILES string of the molecule is CC(C)OCCCCNC(=O)c1cc2cc(N)ccc2o1. The molecule has 5 nitrogen and oxygen atoms in total. The number of nitrogens with one attached hydrogen (secondary N) is 1. The minimum atomic E-state index is -0.199. The predicted octanol–water partition coefficient (Wildman–Crippen LogP) is 2.95. The van der Waals surface area contributed by atoms with Gasteiger partial charge in [0, 0.05) is 24.2 Å². The van der Waals surface area contributed by atoms with Crippen LogP contribution in [0, 0.1) is 0 Å². The summed E-state index contributed by atoms with van der Waals surface area (Å²) in [5, 5.41) is 3.68. The number of ether oxygens (including phenoxy) is 1. The van der Waals surface area contributed by atoms with Crippen molar-refractivity contribution < 1.29 is 13.9 Å². The first-order chi connectivity index (χ1) is 10.1. The van der Waals surface area contributed by atoms with Crippen LogP contribution in [0.25, 0.3) is 11.0 Å². The molecule has 2 rings (SSSR count). The molecule has 114 valence electrons. The average molecular weight is 290 g/mol. The molecule has 0 aliphatic heterocycles. The van der Waals surface area contributed by atoms with Crippen molar-refractivity contribution in [2.24, 2.45) is 0 Å². The Kier molecular flexibility index (Phi) is 5.22. The van der Waals surface area contributed by atoms with Gasteiger partial charge in [-0.3, -0.25) is 4.79 Å². The lowest BCUT2D eigenvalue weighted by atomic mass is 10.2. The second-order valence-corrected chi connectivity index (χ2v) is 5.29. The van der Waals surface area contributed by atoms with Crippen molar-refractivity contribution in [1.29, 1.82) is 0 Å². The van der Waals surface area contributed by atoms with E-state index in [1.54, 1.807) is 24.3 Å². The number of carbonyl (C=O) groups excluding carboxylic acids is 1. The number of carbonyl (C=O) groups is 1. The van der Waals surface area contributed by atoms with Gasteiger partial charge in [-0.05, 0) is 51.0 Å². The van der Waals surface area contributed by atoms with E-state index in [-0.39, 0.29) is 12.0 Å². The molecule has 0 spiro atoms. The molecule has 3 N–H and O–H groups in total. The van der Waals surface area contributed by atoms with Gasteiger partial charge in [0.1, 0.15) is 5.58 Å². The van der Waals surface area contributed by atoms with E-state index in [1.807, 2.05) is 13.8 Å². The zero-order valence-electron chi connectivity index (χ0n) is 12.5. The minimum absolute atomic E-state index is 0.199. The van der Waals surface area contributed by atoms with Crippen LogP contribution < -0.4 is 11.1 Å². The van der Waals surface area contributed by atoms with Crippen molar-refractivity contribution in [3.8, 4) is 0 Å². The Morgan fingerprint density at radius 1 is 1.33 bits per heavy atom. The zero-order valence-corrected chi connectivity index (χ0v) is 12.5. The van der Waals surface area contributed by atoms with Crippen LogP contribution in [0.5, 0.6) is 0 Å². The van der Waals surface area contributed by atoms with Crippen LogP contribution in [0.1, 0.15) is 37.2 Å². The Morgan fingerprint density at radius 2 is 2.14 bits per heavy atom. The third kappa shape index (κ3) is 4.49. The van der Waals surface area contributed by atoms with Crippen molar-refractivity contribution in [2.75, 3.05) is 18.9 Å². The summed E-state index contributed by atoms with van der Waals surface area (Å²) in [6.07, 6.45) is 2.06. The van der Waals surface area contributed by atoms with E-state index < -0.39 is 0 Å². The van der Waals surface area contributed by atoms with Gasteiger partial charge in [-0.25, -0.2) is 0 Å². The van der Waals surface area contributed by atoms with Crippen LogP contribution in [-0.2, 0) is 4.74 Å². The third-order valence-corrected chi connectivity index (χ3v) is 3.07. The maximum Gasteiger partial charge on any atom is 0.287 e. The molecule has 0 saturated carbocycles.